The van der Waals surface area contributed by atoms with E-state index >= 15 is 0 Å². The van der Waals surface area contributed by atoms with Crippen molar-refractivity contribution in [3.8, 4) is 11.3 Å². The monoisotopic (exact) mass is 466 g/mol. The number of benzene rings is 1. The number of pyridine rings is 1. The van der Waals surface area contributed by atoms with Gasteiger partial charge in [0.2, 0.25) is 10.0 Å². The minimum atomic E-state index is -3.17. The quantitative estimate of drug-likeness (QED) is 0.723. The minimum absolute atomic E-state index is 0.0550. The van der Waals surface area contributed by atoms with Crippen molar-refractivity contribution in [3.63, 3.8) is 0 Å². The molecule has 2 aliphatic rings. The van der Waals surface area contributed by atoms with E-state index in [1.54, 1.807) is 34.5 Å². The maximum atomic E-state index is 13.5. The van der Waals surface area contributed by atoms with Gasteiger partial charge in [-0.3, -0.25) is 4.98 Å². The summed E-state index contributed by atoms with van der Waals surface area (Å²) in [4.78, 5) is 18.5. The molecule has 1 saturated heterocycles. The first-order valence-electron chi connectivity index (χ1n) is 10.2. The van der Waals surface area contributed by atoms with Crippen molar-refractivity contribution in [2.24, 2.45) is 0 Å². The van der Waals surface area contributed by atoms with E-state index in [-0.39, 0.29) is 23.1 Å². The highest BCUT2D eigenvalue weighted by atomic mass is 35.5. The molecule has 0 radical (unpaired) electrons. The number of rotatable bonds is 5. The fourth-order valence-corrected chi connectivity index (χ4v) is 5.94. The van der Waals surface area contributed by atoms with Gasteiger partial charge in [-0.2, -0.15) is 0 Å². The Hall–Kier alpha value is -2.23. The van der Waals surface area contributed by atoms with E-state index in [2.05, 4.69) is 10.3 Å². The van der Waals surface area contributed by atoms with Gasteiger partial charge in [-0.25, -0.2) is 21.9 Å². The first-order valence-corrected chi connectivity index (χ1v) is 12.1. The van der Waals surface area contributed by atoms with Crippen LogP contribution in [0, 0.1) is 5.82 Å². The molecule has 2 fully saturated rings. The summed E-state index contributed by atoms with van der Waals surface area (Å²) in [6.45, 7) is 0.855. The Morgan fingerprint density at radius 2 is 1.94 bits per heavy atom. The van der Waals surface area contributed by atoms with Crippen molar-refractivity contribution in [1.82, 2.24) is 14.2 Å². The van der Waals surface area contributed by atoms with Gasteiger partial charge in [0.1, 0.15) is 5.82 Å². The van der Waals surface area contributed by atoms with E-state index in [0.29, 0.717) is 47.9 Å². The van der Waals surface area contributed by atoms with Gasteiger partial charge in [0.25, 0.3) is 0 Å². The molecular formula is C21H24ClFN4O3S. The zero-order chi connectivity index (χ0) is 22.2. The number of anilines is 1. The molecule has 1 aromatic heterocycles. The molecule has 31 heavy (non-hydrogen) atoms. The Kier molecular flexibility index (Phi) is 6.18. The second kappa shape index (κ2) is 8.72. The van der Waals surface area contributed by atoms with Crippen molar-refractivity contribution < 1.29 is 17.6 Å². The molecule has 10 heteroatoms. The van der Waals surface area contributed by atoms with Gasteiger partial charge in [-0.05, 0) is 43.9 Å². The molecule has 1 saturated carbocycles. The fourth-order valence-electron chi connectivity index (χ4n) is 3.79. The van der Waals surface area contributed by atoms with Crippen LogP contribution in [0.4, 0.5) is 14.9 Å². The highest BCUT2D eigenvalue weighted by Gasteiger charge is 2.41. The number of hydrogen-bond acceptors (Lipinski definition) is 4. The number of halogens is 2. The topological polar surface area (TPSA) is 82.6 Å². The van der Waals surface area contributed by atoms with Gasteiger partial charge in [0, 0.05) is 31.7 Å². The number of piperidine rings is 1. The van der Waals surface area contributed by atoms with Crippen LogP contribution >= 0.6 is 11.6 Å². The lowest BCUT2D eigenvalue weighted by Crippen LogP contribution is -2.48. The molecular weight excluding hydrogens is 443 g/mol. The summed E-state index contributed by atoms with van der Waals surface area (Å²) in [6.07, 6.45) is 4.15. The van der Waals surface area contributed by atoms with Gasteiger partial charge >= 0.3 is 6.03 Å². The third-order valence-corrected chi connectivity index (χ3v) is 8.47. The molecule has 0 unspecified atom stereocenters. The maximum Gasteiger partial charge on any atom is 0.321 e. The first kappa shape index (κ1) is 22.0. The smallest absolute Gasteiger partial charge is 0.321 e. The minimum Gasteiger partial charge on any atom is -0.325 e. The Bertz CT molecular complexity index is 1090. The number of amides is 2. The van der Waals surface area contributed by atoms with Crippen LogP contribution < -0.4 is 5.32 Å². The van der Waals surface area contributed by atoms with E-state index < -0.39 is 10.0 Å². The number of carbonyl (C=O) groups is 1. The summed E-state index contributed by atoms with van der Waals surface area (Å²) in [5.41, 5.74) is 1.40. The summed E-state index contributed by atoms with van der Waals surface area (Å²) in [5.74, 6) is -0.384. The van der Waals surface area contributed by atoms with E-state index in [4.69, 9.17) is 11.6 Å². The highest BCUT2D eigenvalue weighted by Crippen LogP contribution is 2.33. The summed E-state index contributed by atoms with van der Waals surface area (Å²) < 4.78 is 39.8. The average Bonchev–Trinajstić information content (AvgIpc) is 3.59. The van der Waals surface area contributed by atoms with E-state index in [9.17, 15) is 17.6 Å². The van der Waals surface area contributed by atoms with Gasteiger partial charge < -0.3 is 10.2 Å². The van der Waals surface area contributed by atoms with Gasteiger partial charge in [0.05, 0.1) is 27.9 Å². The van der Waals surface area contributed by atoms with Crippen LogP contribution in [-0.2, 0) is 10.0 Å². The summed E-state index contributed by atoms with van der Waals surface area (Å²) >= 11 is 6.31. The standard InChI is InChI=1S/C21H24ClFN4O3S/c1-26(17-7-9-27(10-8-17)31(29,30)18-5-6-18)21(28)25-16-12-19(22)20(24-13-16)14-3-2-4-15(23)11-14/h2-4,11-13,17-18H,5-10H2,1H3,(H,25,28). The normalized spacial score (nSPS) is 18.0. The Balaban J connectivity index is 1.36. The van der Waals surface area contributed by atoms with Crippen LogP contribution in [0.1, 0.15) is 25.7 Å². The molecule has 2 amide bonds. The van der Waals surface area contributed by atoms with Crippen molar-refractivity contribution in [2.75, 3.05) is 25.5 Å². The summed E-state index contributed by atoms with van der Waals surface area (Å²) in [6, 6.07) is 7.17. The van der Waals surface area contributed by atoms with Gasteiger partial charge in [-0.1, -0.05) is 23.7 Å². The molecule has 1 aliphatic carbocycles. The lowest BCUT2D eigenvalue weighted by molar-refractivity contribution is 0.174. The molecule has 1 aromatic carbocycles. The first-order chi connectivity index (χ1) is 14.8. The lowest BCUT2D eigenvalue weighted by atomic mass is 10.1. The largest absolute Gasteiger partial charge is 0.325 e. The van der Waals surface area contributed by atoms with Crippen molar-refractivity contribution >= 4 is 33.3 Å². The van der Waals surface area contributed by atoms with E-state index in [1.807, 2.05) is 0 Å². The number of hydrogen-bond donors (Lipinski definition) is 1. The number of carbonyl (C=O) groups excluding carboxylic acids is 1. The third-order valence-electron chi connectivity index (χ3n) is 5.79. The van der Waals surface area contributed by atoms with Crippen LogP contribution in [0.15, 0.2) is 36.5 Å². The SMILES string of the molecule is CN(C(=O)Nc1cnc(-c2cccc(F)c2)c(Cl)c1)C1CCN(S(=O)(=O)C2CC2)CC1. The van der Waals surface area contributed by atoms with Crippen molar-refractivity contribution in [3.05, 3.63) is 47.4 Å². The Morgan fingerprint density at radius 1 is 1.23 bits per heavy atom. The van der Waals surface area contributed by atoms with Gasteiger partial charge in [0.15, 0.2) is 0 Å². The molecule has 1 N–H and O–H groups in total. The van der Waals surface area contributed by atoms with Crippen LogP contribution in [0.2, 0.25) is 5.02 Å². The lowest BCUT2D eigenvalue weighted by Gasteiger charge is -2.36. The zero-order valence-corrected chi connectivity index (χ0v) is 18.7. The number of urea groups is 1. The van der Waals surface area contributed by atoms with Crippen LogP contribution in [0.5, 0.6) is 0 Å². The fraction of sp³-hybridized carbons (Fsp3) is 0.429. The maximum absolute atomic E-state index is 13.5. The predicted octanol–water partition coefficient (Wildman–Crippen LogP) is 3.96. The molecule has 0 bridgehead atoms. The molecule has 4 rings (SSSR count). The molecule has 2 heterocycles. The Labute approximate surface area is 186 Å². The van der Waals surface area contributed by atoms with Crippen LogP contribution in [-0.4, -0.2) is 60.1 Å². The van der Waals surface area contributed by atoms with E-state index in [0.717, 1.165) is 12.8 Å². The molecule has 166 valence electrons. The molecule has 0 spiro atoms. The van der Waals surface area contributed by atoms with Crippen LogP contribution in [0.25, 0.3) is 11.3 Å². The average molecular weight is 467 g/mol. The summed E-state index contributed by atoms with van der Waals surface area (Å²) in [7, 11) is -1.48. The number of aromatic nitrogens is 1. The molecule has 0 atom stereocenters. The molecule has 2 aromatic rings. The van der Waals surface area contributed by atoms with E-state index in [1.165, 1.54) is 18.3 Å². The second-order valence-electron chi connectivity index (χ2n) is 7.98. The summed E-state index contributed by atoms with van der Waals surface area (Å²) in [5, 5.41) is 2.86. The third kappa shape index (κ3) is 4.83. The van der Waals surface area contributed by atoms with Crippen molar-refractivity contribution in [2.45, 2.75) is 37.0 Å². The van der Waals surface area contributed by atoms with Crippen LogP contribution in [0.3, 0.4) is 0 Å². The Morgan fingerprint density at radius 3 is 2.55 bits per heavy atom. The highest BCUT2D eigenvalue weighted by molar-refractivity contribution is 7.90. The number of nitrogens with zero attached hydrogens (tertiary/aromatic N) is 3. The number of sulfonamides is 1. The molecule has 1 aliphatic heterocycles. The second-order valence-corrected chi connectivity index (χ2v) is 10.6. The number of nitrogens with one attached hydrogen (secondary N) is 1. The van der Waals surface area contributed by atoms with Crippen molar-refractivity contribution in [1.29, 1.82) is 0 Å². The van der Waals surface area contributed by atoms with Gasteiger partial charge in [-0.15, -0.1) is 0 Å². The zero-order valence-electron chi connectivity index (χ0n) is 17.1. The predicted molar refractivity (Wildman–Crippen MR) is 118 cm³/mol. The molecule has 7 nitrogen and oxygen atoms in total.